The normalized spacial score (nSPS) is 22.4. The quantitative estimate of drug-likeness (QED) is 0.831. The van der Waals surface area contributed by atoms with E-state index in [1.54, 1.807) is 0 Å². The largest absolute Gasteiger partial charge is 0.381 e. The molecule has 0 spiro atoms. The van der Waals surface area contributed by atoms with Gasteiger partial charge in [0.15, 0.2) is 5.82 Å². The maximum Gasteiger partial charge on any atom is 0.231 e. The number of aromatic nitrogens is 2. The van der Waals surface area contributed by atoms with E-state index in [0.717, 1.165) is 44.3 Å². The fourth-order valence-corrected chi connectivity index (χ4v) is 3.01. The number of hydrogen-bond acceptors (Lipinski definition) is 5. The zero-order valence-electron chi connectivity index (χ0n) is 13.1. The van der Waals surface area contributed by atoms with E-state index >= 15 is 0 Å². The van der Waals surface area contributed by atoms with E-state index in [4.69, 9.17) is 9.26 Å². The Morgan fingerprint density at radius 1 is 1.35 bits per heavy atom. The molecule has 3 atom stereocenters. The molecule has 0 bridgehead atoms. The molecule has 1 fully saturated rings. The van der Waals surface area contributed by atoms with E-state index < -0.39 is 0 Å². The molecule has 1 aliphatic heterocycles. The Balaban J connectivity index is 2.03. The monoisotopic (exact) mass is 281 g/mol. The Kier molecular flexibility index (Phi) is 5.54. The van der Waals surface area contributed by atoms with Gasteiger partial charge >= 0.3 is 0 Å². The van der Waals surface area contributed by atoms with Gasteiger partial charge in [-0.2, -0.15) is 4.98 Å². The summed E-state index contributed by atoms with van der Waals surface area (Å²) in [5.74, 6) is 2.86. The number of hydrogen-bond donors (Lipinski definition) is 1. The molecule has 114 valence electrons. The van der Waals surface area contributed by atoms with Crippen LogP contribution in [0.25, 0.3) is 0 Å². The lowest BCUT2D eigenvalue weighted by Gasteiger charge is -2.24. The third-order valence-electron chi connectivity index (χ3n) is 4.05. The number of nitrogens with zero attached hydrogens (tertiary/aromatic N) is 2. The van der Waals surface area contributed by atoms with Gasteiger partial charge in [0.1, 0.15) is 0 Å². The van der Waals surface area contributed by atoms with Gasteiger partial charge in [0.2, 0.25) is 5.89 Å². The van der Waals surface area contributed by atoms with Crippen LogP contribution in [0.15, 0.2) is 4.52 Å². The fraction of sp³-hybridized carbons (Fsp3) is 0.867. The first-order chi connectivity index (χ1) is 9.61. The third-order valence-corrected chi connectivity index (χ3v) is 4.05. The molecule has 0 amide bonds. The van der Waals surface area contributed by atoms with Crippen LogP contribution in [0.2, 0.25) is 0 Å². The van der Waals surface area contributed by atoms with Crippen LogP contribution in [0, 0.1) is 11.8 Å². The third kappa shape index (κ3) is 3.79. The SMILES string of the molecule is CCNC(C)C(c1nc(CC2CCOC2)no1)C(C)C. The van der Waals surface area contributed by atoms with Crippen LogP contribution in [0.4, 0.5) is 0 Å². The van der Waals surface area contributed by atoms with E-state index in [2.05, 4.69) is 43.2 Å². The molecule has 1 N–H and O–H groups in total. The Morgan fingerprint density at radius 3 is 2.75 bits per heavy atom. The van der Waals surface area contributed by atoms with Crippen molar-refractivity contribution < 1.29 is 9.26 Å². The minimum atomic E-state index is 0.260. The highest BCUT2D eigenvalue weighted by atomic mass is 16.5. The molecule has 5 nitrogen and oxygen atoms in total. The van der Waals surface area contributed by atoms with Gasteiger partial charge < -0.3 is 14.6 Å². The summed E-state index contributed by atoms with van der Waals surface area (Å²) in [7, 11) is 0. The predicted octanol–water partition coefficient (Wildman–Crippen LogP) is 2.39. The van der Waals surface area contributed by atoms with Crippen molar-refractivity contribution in [2.24, 2.45) is 11.8 Å². The number of rotatable bonds is 7. The van der Waals surface area contributed by atoms with Crippen molar-refractivity contribution in [3.63, 3.8) is 0 Å². The van der Waals surface area contributed by atoms with E-state index in [9.17, 15) is 0 Å². The van der Waals surface area contributed by atoms with Crippen molar-refractivity contribution in [3.8, 4) is 0 Å². The van der Waals surface area contributed by atoms with E-state index in [-0.39, 0.29) is 5.92 Å². The summed E-state index contributed by atoms with van der Waals surface area (Å²) in [5, 5.41) is 7.62. The lowest BCUT2D eigenvalue weighted by molar-refractivity contribution is 0.185. The summed E-state index contributed by atoms with van der Waals surface area (Å²) in [6, 6.07) is 0.336. The Hall–Kier alpha value is -0.940. The lowest BCUT2D eigenvalue weighted by atomic mass is 9.89. The topological polar surface area (TPSA) is 60.2 Å². The summed E-state index contributed by atoms with van der Waals surface area (Å²) in [5.41, 5.74) is 0. The smallest absolute Gasteiger partial charge is 0.231 e. The van der Waals surface area contributed by atoms with Gasteiger partial charge in [-0.15, -0.1) is 0 Å². The summed E-state index contributed by atoms with van der Waals surface area (Å²) in [6.45, 7) is 11.3. The molecule has 2 heterocycles. The second kappa shape index (κ2) is 7.18. The molecule has 0 aromatic carbocycles. The second-order valence-corrected chi connectivity index (χ2v) is 6.10. The summed E-state index contributed by atoms with van der Waals surface area (Å²) < 4.78 is 10.9. The van der Waals surface area contributed by atoms with Gasteiger partial charge in [0.05, 0.1) is 5.92 Å². The molecular formula is C15H27N3O2. The van der Waals surface area contributed by atoms with Crippen molar-refractivity contribution in [3.05, 3.63) is 11.7 Å². The minimum absolute atomic E-state index is 0.260. The second-order valence-electron chi connectivity index (χ2n) is 6.10. The van der Waals surface area contributed by atoms with Crippen LogP contribution in [0.1, 0.15) is 51.7 Å². The predicted molar refractivity (Wildman–Crippen MR) is 77.6 cm³/mol. The molecule has 1 aliphatic rings. The van der Waals surface area contributed by atoms with Crippen LogP contribution < -0.4 is 5.32 Å². The fourth-order valence-electron chi connectivity index (χ4n) is 3.01. The Labute approximate surface area is 121 Å². The van der Waals surface area contributed by atoms with Gasteiger partial charge in [-0.05, 0) is 31.7 Å². The van der Waals surface area contributed by atoms with E-state index in [1.165, 1.54) is 0 Å². The Morgan fingerprint density at radius 2 is 2.15 bits per heavy atom. The molecule has 2 rings (SSSR count). The number of likely N-dealkylation sites (N-methyl/N-ethyl adjacent to an activating group) is 1. The van der Waals surface area contributed by atoms with Crippen LogP contribution in [0.3, 0.4) is 0 Å². The highest BCUT2D eigenvalue weighted by molar-refractivity contribution is 5.00. The van der Waals surface area contributed by atoms with Crippen molar-refractivity contribution in [2.45, 2.75) is 52.5 Å². The van der Waals surface area contributed by atoms with Gasteiger partial charge in [-0.1, -0.05) is 25.9 Å². The summed E-state index contributed by atoms with van der Waals surface area (Å²) in [4.78, 5) is 4.63. The van der Waals surface area contributed by atoms with Crippen molar-refractivity contribution in [1.29, 1.82) is 0 Å². The lowest BCUT2D eigenvalue weighted by Crippen LogP contribution is -2.34. The maximum absolute atomic E-state index is 5.52. The molecule has 0 saturated carbocycles. The van der Waals surface area contributed by atoms with Crippen LogP contribution in [-0.2, 0) is 11.2 Å². The van der Waals surface area contributed by atoms with Crippen molar-refractivity contribution in [2.75, 3.05) is 19.8 Å². The zero-order chi connectivity index (χ0) is 14.5. The van der Waals surface area contributed by atoms with Gasteiger partial charge in [-0.25, -0.2) is 0 Å². The standard InChI is InChI=1S/C15H27N3O2/c1-5-16-11(4)14(10(2)3)15-17-13(18-20-15)8-12-6-7-19-9-12/h10-12,14,16H,5-9H2,1-4H3. The zero-order valence-corrected chi connectivity index (χ0v) is 13.1. The first-order valence-corrected chi connectivity index (χ1v) is 7.75. The molecule has 0 radical (unpaired) electrons. The number of nitrogens with one attached hydrogen (secondary N) is 1. The van der Waals surface area contributed by atoms with Crippen LogP contribution >= 0.6 is 0 Å². The molecule has 20 heavy (non-hydrogen) atoms. The first-order valence-electron chi connectivity index (χ1n) is 7.75. The molecule has 3 unspecified atom stereocenters. The molecule has 1 aromatic rings. The maximum atomic E-state index is 5.52. The van der Waals surface area contributed by atoms with Gasteiger partial charge in [0.25, 0.3) is 0 Å². The minimum Gasteiger partial charge on any atom is -0.381 e. The average Bonchev–Trinajstić information content (AvgIpc) is 3.02. The first kappa shape index (κ1) is 15.4. The highest BCUT2D eigenvalue weighted by Gasteiger charge is 2.28. The molecule has 0 aliphatic carbocycles. The summed E-state index contributed by atoms with van der Waals surface area (Å²) in [6.07, 6.45) is 1.97. The van der Waals surface area contributed by atoms with Gasteiger partial charge in [0, 0.05) is 25.7 Å². The van der Waals surface area contributed by atoms with E-state index in [1.807, 2.05) is 0 Å². The summed E-state index contributed by atoms with van der Waals surface area (Å²) >= 11 is 0. The molecule has 1 aromatic heterocycles. The van der Waals surface area contributed by atoms with Crippen LogP contribution in [-0.4, -0.2) is 35.9 Å². The Bertz CT molecular complexity index is 400. The molecule has 5 heteroatoms. The van der Waals surface area contributed by atoms with Crippen molar-refractivity contribution >= 4 is 0 Å². The molecule has 1 saturated heterocycles. The van der Waals surface area contributed by atoms with Crippen molar-refractivity contribution in [1.82, 2.24) is 15.5 Å². The van der Waals surface area contributed by atoms with Crippen LogP contribution in [0.5, 0.6) is 0 Å². The van der Waals surface area contributed by atoms with Gasteiger partial charge in [-0.3, -0.25) is 0 Å². The number of ether oxygens (including phenoxy) is 1. The van der Waals surface area contributed by atoms with E-state index in [0.29, 0.717) is 17.9 Å². The molecular weight excluding hydrogens is 254 g/mol. The highest BCUT2D eigenvalue weighted by Crippen LogP contribution is 2.27. The average molecular weight is 281 g/mol.